The molecule has 0 saturated heterocycles. The van der Waals surface area contributed by atoms with Gasteiger partial charge in [-0.15, -0.1) is 0 Å². The predicted octanol–water partition coefficient (Wildman–Crippen LogP) is 2.65. The van der Waals surface area contributed by atoms with Crippen molar-refractivity contribution in [1.29, 1.82) is 0 Å². The molecule has 1 rings (SSSR count). The maximum Gasteiger partial charge on any atom is 0.157 e. The molecule has 0 saturated carbocycles. The standard InChI is InChI=1S/C10H20N2S/c1-5-10(4,6-2)12-9-11-7-8(3)13-9/h8H,5-7H2,1-4H3,(H,11,12). The second-order valence-electron chi connectivity index (χ2n) is 3.97. The second-order valence-corrected chi connectivity index (χ2v) is 5.39. The van der Waals surface area contributed by atoms with Crippen LogP contribution in [0.25, 0.3) is 0 Å². The molecule has 0 fully saturated rings. The maximum atomic E-state index is 4.47. The van der Waals surface area contributed by atoms with Crippen LogP contribution < -0.4 is 5.32 Å². The molecule has 76 valence electrons. The highest BCUT2D eigenvalue weighted by molar-refractivity contribution is 8.14. The van der Waals surface area contributed by atoms with Gasteiger partial charge in [-0.25, -0.2) is 0 Å². The summed E-state index contributed by atoms with van der Waals surface area (Å²) in [7, 11) is 0. The van der Waals surface area contributed by atoms with E-state index in [1.54, 1.807) is 0 Å². The summed E-state index contributed by atoms with van der Waals surface area (Å²) in [6.07, 6.45) is 2.30. The van der Waals surface area contributed by atoms with Crippen molar-refractivity contribution < 1.29 is 0 Å². The zero-order valence-corrected chi connectivity index (χ0v) is 9.87. The van der Waals surface area contributed by atoms with Crippen LogP contribution in [-0.2, 0) is 0 Å². The summed E-state index contributed by atoms with van der Waals surface area (Å²) in [4.78, 5) is 4.47. The Morgan fingerprint density at radius 3 is 2.54 bits per heavy atom. The number of rotatable bonds is 3. The molecule has 3 heteroatoms. The van der Waals surface area contributed by atoms with Gasteiger partial charge < -0.3 is 5.32 Å². The van der Waals surface area contributed by atoms with Gasteiger partial charge in [0.25, 0.3) is 0 Å². The van der Waals surface area contributed by atoms with E-state index in [1.165, 1.54) is 0 Å². The van der Waals surface area contributed by atoms with Crippen LogP contribution in [0.4, 0.5) is 0 Å². The van der Waals surface area contributed by atoms with E-state index >= 15 is 0 Å². The molecule has 1 aliphatic rings. The van der Waals surface area contributed by atoms with Crippen molar-refractivity contribution in [3.63, 3.8) is 0 Å². The Morgan fingerprint density at radius 1 is 1.54 bits per heavy atom. The van der Waals surface area contributed by atoms with Crippen molar-refractivity contribution in [2.75, 3.05) is 6.54 Å². The molecule has 0 bridgehead atoms. The first-order chi connectivity index (χ1) is 6.09. The zero-order chi connectivity index (χ0) is 9.90. The van der Waals surface area contributed by atoms with Gasteiger partial charge >= 0.3 is 0 Å². The third kappa shape index (κ3) is 2.90. The zero-order valence-electron chi connectivity index (χ0n) is 9.05. The molecular weight excluding hydrogens is 180 g/mol. The fourth-order valence-corrected chi connectivity index (χ4v) is 2.22. The first-order valence-corrected chi connectivity index (χ1v) is 5.97. The van der Waals surface area contributed by atoms with E-state index in [4.69, 9.17) is 0 Å². The molecule has 13 heavy (non-hydrogen) atoms. The third-order valence-electron chi connectivity index (χ3n) is 2.77. The lowest BCUT2D eigenvalue weighted by Crippen LogP contribution is -2.43. The summed E-state index contributed by atoms with van der Waals surface area (Å²) < 4.78 is 0. The maximum absolute atomic E-state index is 4.47. The van der Waals surface area contributed by atoms with Crippen LogP contribution >= 0.6 is 11.8 Å². The van der Waals surface area contributed by atoms with Crippen LogP contribution in [0.5, 0.6) is 0 Å². The summed E-state index contributed by atoms with van der Waals surface area (Å²) in [5, 5.41) is 5.33. The van der Waals surface area contributed by atoms with Crippen molar-refractivity contribution in [2.24, 2.45) is 4.99 Å². The number of aliphatic imine (C=N–C) groups is 1. The highest BCUT2D eigenvalue weighted by Gasteiger charge is 2.24. The van der Waals surface area contributed by atoms with Gasteiger partial charge in [-0.05, 0) is 19.8 Å². The number of nitrogens with one attached hydrogen (secondary N) is 1. The van der Waals surface area contributed by atoms with Crippen LogP contribution in [0.1, 0.15) is 40.5 Å². The smallest absolute Gasteiger partial charge is 0.157 e. The lowest BCUT2D eigenvalue weighted by atomic mass is 9.96. The van der Waals surface area contributed by atoms with Crippen LogP contribution in [0.2, 0.25) is 0 Å². The molecule has 0 aromatic heterocycles. The van der Waals surface area contributed by atoms with E-state index in [0.717, 1.165) is 24.6 Å². The van der Waals surface area contributed by atoms with Gasteiger partial charge in [-0.1, -0.05) is 32.5 Å². The van der Waals surface area contributed by atoms with Gasteiger partial charge in [-0.2, -0.15) is 0 Å². The molecule has 0 aliphatic carbocycles. The van der Waals surface area contributed by atoms with Crippen molar-refractivity contribution in [3.05, 3.63) is 0 Å². The van der Waals surface area contributed by atoms with E-state index in [1.807, 2.05) is 11.8 Å². The molecule has 0 radical (unpaired) electrons. The fourth-order valence-electron chi connectivity index (χ4n) is 1.23. The minimum Gasteiger partial charge on any atom is -0.360 e. The van der Waals surface area contributed by atoms with Gasteiger partial charge in [0.1, 0.15) is 0 Å². The topological polar surface area (TPSA) is 24.4 Å². The van der Waals surface area contributed by atoms with Crippen molar-refractivity contribution in [2.45, 2.75) is 51.3 Å². The predicted molar refractivity (Wildman–Crippen MR) is 61.5 cm³/mol. The highest BCUT2D eigenvalue weighted by atomic mass is 32.2. The average Bonchev–Trinajstić information content (AvgIpc) is 2.51. The Labute approximate surface area is 85.6 Å². The minimum atomic E-state index is 0.232. The van der Waals surface area contributed by atoms with Gasteiger partial charge in [0.2, 0.25) is 0 Å². The number of thioether (sulfide) groups is 1. The fraction of sp³-hybridized carbons (Fsp3) is 0.900. The lowest BCUT2D eigenvalue weighted by Gasteiger charge is -2.29. The van der Waals surface area contributed by atoms with E-state index in [-0.39, 0.29) is 5.54 Å². The summed E-state index contributed by atoms with van der Waals surface area (Å²) in [5.41, 5.74) is 0.232. The quantitative estimate of drug-likeness (QED) is 0.757. The summed E-state index contributed by atoms with van der Waals surface area (Å²) in [6, 6.07) is 0. The molecular formula is C10H20N2S. The SMILES string of the molecule is CCC(C)(CC)NC1=NCC(C)S1. The Kier molecular flexibility index (Phi) is 3.65. The molecule has 0 aromatic carbocycles. The van der Waals surface area contributed by atoms with E-state index in [0.29, 0.717) is 5.25 Å². The van der Waals surface area contributed by atoms with Gasteiger partial charge in [0.05, 0.1) is 6.54 Å². The molecule has 1 aliphatic heterocycles. The first-order valence-electron chi connectivity index (χ1n) is 5.09. The Bertz CT molecular complexity index is 197. The van der Waals surface area contributed by atoms with Crippen LogP contribution in [0, 0.1) is 0 Å². The molecule has 0 spiro atoms. The Morgan fingerprint density at radius 2 is 2.15 bits per heavy atom. The van der Waals surface area contributed by atoms with Crippen molar-refractivity contribution in [3.8, 4) is 0 Å². The lowest BCUT2D eigenvalue weighted by molar-refractivity contribution is 0.391. The molecule has 2 nitrogen and oxygen atoms in total. The van der Waals surface area contributed by atoms with E-state index < -0.39 is 0 Å². The largest absolute Gasteiger partial charge is 0.360 e. The number of nitrogens with zero attached hydrogens (tertiary/aromatic N) is 1. The van der Waals surface area contributed by atoms with Crippen molar-refractivity contribution >= 4 is 16.9 Å². The molecule has 1 atom stereocenters. The van der Waals surface area contributed by atoms with Gasteiger partial charge in [0.15, 0.2) is 5.17 Å². The van der Waals surface area contributed by atoms with Crippen LogP contribution in [0.3, 0.4) is 0 Å². The average molecular weight is 200 g/mol. The van der Waals surface area contributed by atoms with E-state index in [9.17, 15) is 0 Å². The first kappa shape index (κ1) is 10.9. The van der Waals surface area contributed by atoms with Crippen LogP contribution in [-0.4, -0.2) is 22.5 Å². The number of hydrogen-bond acceptors (Lipinski definition) is 3. The van der Waals surface area contributed by atoms with Crippen molar-refractivity contribution in [1.82, 2.24) is 5.32 Å². The van der Waals surface area contributed by atoms with Gasteiger partial charge in [0, 0.05) is 10.8 Å². The van der Waals surface area contributed by atoms with Crippen LogP contribution in [0.15, 0.2) is 4.99 Å². The third-order valence-corrected chi connectivity index (χ3v) is 3.78. The normalized spacial score (nSPS) is 23.1. The monoisotopic (exact) mass is 200 g/mol. The number of hydrogen-bond donors (Lipinski definition) is 1. The summed E-state index contributed by atoms with van der Waals surface area (Å²) in [6.45, 7) is 9.90. The molecule has 1 heterocycles. The highest BCUT2D eigenvalue weighted by Crippen LogP contribution is 2.22. The van der Waals surface area contributed by atoms with E-state index in [2.05, 4.69) is 38.0 Å². The summed E-state index contributed by atoms with van der Waals surface area (Å²) >= 11 is 1.86. The molecule has 1 unspecified atom stereocenters. The minimum absolute atomic E-state index is 0.232. The van der Waals surface area contributed by atoms with Gasteiger partial charge in [-0.3, -0.25) is 4.99 Å². The molecule has 0 amide bonds. The molecule has 1 N–H and O–H groups in total. The summed E-state index contributed by atoms with van der Waals surface area (Å²) in [5.74, 6) is 0. The Balaban J connectivity index is 2.48. The Hall–Kier alpha value is -0.180. The second kappa shape index (κ2) is 4.36. The molecule has 0 aromatic rings. The number of amidine groups is 1.